The molecule has 1 amide bonds. The number of anilines is 3. The number of nitrogens with zero attached hydrogens (tertiary/aromatic N) is 3. The Balaban J connectivity index is 1.66. The maximum atomic E-state index is 13.0. The summed E-state index contributed by atoms with van der Waals surface area (Å²) in [7, 11) is 1.53. The number of hydrogen-bond acceptors (Lipinski definition) is 10. The van der Waals surface area contributed by atoms with Gasteiger partial charge < -0.3 is 26.3 Å². The third-order valence-electron chi connectivity index (χ3n) is 4.89. The van der Waals surface area contributed by atoms with Crippen LogP contribution in [0.4, 0.5) is 17.2 Å². The number of nitrogens with one attached hydrogen (secondary N) is 2. The van der Waals surface area contributed by atoms with Crippen LogP contribution in [0, 0.1) is 11.3 Å². The highest BCUT2D eigenvalue weighted by atomic mass is 32.1. The van der Waals surface area contributed by atoms with E-state index in [1.165, 1.54) is 11.7 Å². The zero-order valence-corrected chi connectivity index (χ0v) is 17.2. The molecule has 0 aliphatic carbocycles. The van der Waals surface area contributed by atoms with Gasteiger partial charge in [0, 0.05) is 11.8 Å². The second-order valence-corrected chi connectivity index (χ2v) is 7.79. The fourth-order valence-corrected chi connectivity index (χ4v) is 4.47. The van der Waals surface area contributed by atoms with Crippen molar-refractivity contribution in [3.05, 3.63) is 39.1 Å². The summed E-state index contributed by atoms with van der Waals surface area (Å²) >= 11 is 0.988. The number of hydrogen-bond donors (Lipinski definition) is 4. The van der Waals surface area contributed by atoms with E-state index in [4.69, 9.17) is 25.5 Å². The van der Waals surface area contributed by atoms with Gasteiger partial charge in [-0.25, -0.2) is 9.78 Å². The van der Waals surface area contributed by atoms with Crippen molar-refractivity contribution in [2.45, 2.75) is 0 Å². The van der Waals surface area contributed by atoms with Gasteiger partial charge >= 0.3 is 11.3 Å². The van der Waals surface area contributed by atoms with Gasteiger partial charge in [0.2, 0.25) is 6.79 Å². The first kappa shape index (κ1) is 19.4. The number of carbonyl (C=O) groups is 1. The highest BCUT2D eigenvalue weighted by Gasteiger charge is 2.32. The number of ether oxygens (including phenoxy) is 2. The number of H-pyrrole nitrogens is 1. The molecule has 6 N–H and O–H groups in total. The van der Waals surface area contributed by atoms with Crippen LogP contribution in [0.25, 0.3) is 21.5 Å². The maximum absolute atomic E-state index is 13.0. The van der Waals surface area contributed by atoms with Gasteiger partial charge in [-0.15, -0.1) is 11.3 Å². The van der Waals surface area contributed by atoms with Crippen molar-refractivity contribution < 1.29 is 23.5 Å². The van der Waals surface area contributed by atoms with Crippen LogP contribution >= 0.6 is 11.3 Å². The lowest BCUT2D eigenvalue weighted by Gasteiger charge is -2.06. The van der Waals surface area contributed by atoms with E-state index in [1.807, 2.05) is 6.07 Å². The van der Waals surface area contributed by atoms with Gasteiger partial charge in [-0.05, 0) is 17.4 Å². The van der Waals surface area contributed by atoms with Crippen molar-refractivity contribution in [3.8, 4) is 28.8 Å². The molecule has 0 saturated carbocycles. The summed E-state index contributed by atoms with van der Waals surface area (Å²) < 4.78 is 16.7. The van der Waals surface area contributed by atoms with Crippen molar-refractivity contribution in [3.63, 3.8) is 0 Å². The van der Waals surface area contributed by atoms with Gasteiger partial charge in [0.1, 0.15) is 27.2 Å². The fraction of sp³-hybridized carbons (Fsp3) is 0.105. The van der Waals surface area contributed by atoms with Gasteiger partial charge in [0.25, 0.3) is 5.91 Å². The number of nitriles is 1. The minimum absolute atomic E-state index is 0.0212. The Morgan fingerprint density at radius 2 is 2.12 bits per heavy atom. The van der Waals surface area contributed by atoms with E-state index < -0.39 is 11.5 Å². The van der Waals surface area contributed by atoms with Crippen molar-refractivity contribution in [1.29, 1.82) is 5.26 Å². The summed E-state index contributed by atoms with van der Waals surface area (Å²) in [5, 5.41) is 15.1. The molecule has 0 atom stereocenters. The van der Waals surface area contributed by atoms with E-state index >= 15 is 0 Å². The van der Waals surface area contributed by atoms with Crippen LogP contribution in [0.2, 0.25) is 0 Å². The van der Waals surface area contributed by atoms with Gasteiger partial charge in [-0.2, -0.15) is 5.26 Å². The van der Waals surface area contributed by atoms with E-state index in [9.17, 15) is 14.9 Å². The van der Waals surface area contributed by atoms with Crippen molar-refractivity contribution in [2.75, 3.05) is 23.6 Å². The summed E-state index contributed by atoms with van der Waals surface area (Å²) in [6, 6.07) is 6.92. The summed E-state index contributed by atoms with van der Waals surface area (Å²) in [5.41, 5.74) is 12.2. The van der Waals surface area contributed by atoms with E-state index in [-0.39, 0.29) is 45.4 Å². The minimum Gasteiger partial charge on any atom is -0.454 e. The number of aromatic nitrogens is 3. The van der Waals surface area contributed by atoms with Crippen molar-refractivity contribution >= 4 is 44.7 Å². The number of aromatic amines is 1. The highest BCUT2D eigenvalue weighted by Crippen LogP contribution is 2.41. The molecule has 5 rings (SSSR count). The zero-order chi connectivity index (χ0) is 22.6. The lowest BCUT2D eigenvalue weighted by atomic mass is 10.0. The van der Waals surface area contributed by atoms with E-state index in [1.54, 1.807) is 18.2 Å². The number of nitrogen functional groups attached to an aromatic ring is 2. The summed E-state index contributed by atoms with van der Waals surface area (Å²) in [6.07, 6.45) is 0. The smallest absolute Gasteiger partial charge is 0.435 e. The molecule has 12 nitrogen and oxygen atoms in total. The standard InChI is InChI=1S/C19H13N7O5S/c1-26-14(19(28)31-25-26)11-8(5-20)16(22)24-18-12(11)13(21)15(32-18)17(27)23-7-2-3-9-10(4-7)30-6-29-9/h2-4H,6H2,1H3,(H5-,21,22,23,24,25,27,28)/p+1. The molecular weight excluding hydrogens is 438 g/mol. The molecule has 0 fully saturated rings. The number of thiophene rings is 1. The number of pyridine rings is 1. The molecule has 1 aliphatic rings. The average Bonchev–Trinajstić information content (AvgIpc) is 3.44. The van der Waals surface area contributed by atoms with Gasteiger partial charge in [0.05, 0.1) is 16.6 Å². The number of nitrogens with two attached hydrogens (primary N) is 2. The number of aryl methyl sites for hydroxylation is 1. The average molecular weight is 452 g/mol. The quantitative estimate of drug-likeness (QED) is 0.330. The first-order valence-corrected chi connectivity index (χ1v) is 9.91. The number of benzene rings is 1. The minimum atomic E-state index is -0.729. The highest BCUT2D eigenvalue weighted by molar-refractivity contribution is 7.21. The Morgan fingerprint density at radius 1 is 1.34 bits per heavy atom. The Kier molecular flexibility index (Phi) is 4.24. The molecule has 0 bridgehead atoms. The summed E-state index contributed by atoms with van der Waals surface area (Å²) in [5.74, 6) is 0.488. The Hall–Kier alpha value is -4.57. The van der Waals surface area contributed by atoms with Crippen molar-refractivity contribution in [2.24, 2.45) is 7.05 Å². The van der Waals surface area contributed by atoms with E-state index in [2.05, 4.69) is 15.6 Å². The van der Waals surface area contributed by atoms with Gasteiger partial charge in [0.15, 0.2) is 18.5 Å². The number of amides is 1. The van der Waals surface area contributed by atoms with Crippen LogP contribution in [0.5, 0.6) is 11.5 Å². The number of carbonyl (C=O) groups excluding carboxylic acids is 1. The Labute approximate surface area is 182 Å². The maximum Gasteiger partial charge on any atom is 0.435 e. The van der Waals surface area contributed by atoms with Crippen LogP contribution in [0.15, 0.2) is 27.5 Å². The third-order valence-corrected chi connectivity index (χ3v) is 5.99. The summed E-state index contributed by atoms with van der Waals surface area (Å²) in [4.78, 5) is 30.0. The SMILES string of the molecule is C[n+]1[nH]oc(=O)c1-c1c(C#N)c(N)nc2sc(C(=O)Nc3ccc4c(c3)OCO4)c(N)c12. The second-order valence-electron chi connectivity index (χ2n) is 6.79. The molecule has 3 aromatic heterocycles. The molecule has 1 aromatic carbocycles. The molecule has 32 heavy (non-hydrogen) atoms. The second kappa shape index (κ2) is 7.00. The van der Waals surface area contributed by atoms with Crippen molar-refractivity contribution in [1.82, 2.24) is 10.3 Å². The molecule has 0 radical (unpaired) electrons. The molecular formula is C19H14N7O5S+. The zero-order valence-electron chi connectivity index (χ0n) is 16.4. The van der Waals surface area contributed by atoms with Crippen LogP contribution in [0.3, 0.4) is 0 Å². The lowest BCUT2D eigenvalue weighted by Crippen LogP contribution is -2.34. The third kappa shape index (κ3) is 2.81. The molecule has 160 valence electrons. The Morgan fingerprint density at radius 3 is 2.84 bits per heavy atom. The van der Waals surface area contributed by atoms with Crippen LogP contribution in [-0.4, -0.2) is 23.0 Å². The Bertz CT molecular complexity index is 1530. The predicted molar refractivity (Wildman–Crippen MR) is 113 cm³/mol. The molecule has 0 spiro atoms. The molecule has 4 aromatic rings. The van der Waals surface area contributed by atoms with Crippen LogP contribution in [-0.2, 0) is 7.05 Å². The molecule has 4 heterocycles. The largest absolute Gasteiger partial charge is 0.454 e. The number of fused-ring (bicyclic) bond motifs is 2. The lowest BCUT2D eigenvalue weighted by molar-refractivity contribution is -0.730. The van der Waals surface area contributed by atoms with E-state index in [0.29, 0.717) is 22.0 Å². The fourth-order valence-electron chi connectivity index (χ4n) is 3.46. The molecule has 1 aliphatic heterocycles. The monoisotopic (exact) mass is 452 g/mol. The van der Waals surface area contributed by atoms with Crippen LogP contribution in [0.1, 0.15) is 15.2 Å². The predicted octanol–water partition coefficient (Wildman–Crippen LogP) is 1.09. The number of rotatable bonds is 3. The topological polar surface area (TPSA) is 186 Å². The molecule has 0 saturated heterocycles. The first-order chi connectivity index (χ1) is 15.4. The molecule has 0 unspecified atom stereocenters. The summed E-state index contributed by atoms with van der Waals surface area (Å²) in [6.45, 7) is 0.109. The first-order valence-electron chi connectivity index (χ1n) is 9.09. The normalized spacial score (nSPS) is 12.1. The van der Waals surface area contributed by atoms with Crippen LogP contribution < -0.4 is 36.6 Å². The molecule has 13 heteroatoms. The van der Waals surface area contributed by atoms with E-state index in [0.717, 1.165) is 11.3 Å². The van der Waals surface area contributed by atoms with Gasteiger partial charge in [-0.3, -0.25) is 9.32 Å². The van der Waals surface area contributed by atoms with Gasteiger partial charge in [-0.1, -0.05) is 4.68 Å².